The van der Waals surface area contributed by atoms with Crippen LogP contribution in [0.15, 0.2) is 36.5 Å². The van der Waals surface area contributed by atoms with Crippen LogP contribution in [0.2, 0.25) is 0 Å². The van der Waals surface area contributed by atoms with Gasteiger partial charge in [-0.2, -0.15) is 5.10 Å². The molecule has 1 aliphatic heterocycles. The van der Waals surface area contributed by atoms with E-state index in [-0.39, 0.29) is 19.0 Å². The predicted octanol–water partition coefficient (Wildman–Crippen LogP) is 2.02. The summed E-state index contributed by atoms with van der Waals surface area (Å²) in [6.45, 7) is 5.18. The number of ether oxygens (including phenoxy) is 1. The van der Waals surface area contributed by atoms with Crippen molar-refractivity contribution >= 4 is 29.5 Å². The van der Waals surface area contributed by atoms with Crippen LogP contribution in [0.25, 0.3) is 0 Å². The zero-order valence-electron chi connectivity index (χ0n) is 16.4. The van der Waals surface area contributed by atoms with Gasteiger partial charge in [-0.3, -0.25) is 24.1 Å². The molecule has 0 unspecified atom stereocenters. The molecular formula is C20H22N4O5. The zero-order chi connectivity index (χ0) is 21.1. The summed E-state index contributed by atoms with van der Waals surface area (Å²) in [6, 6.07) is 8.19. The SMILES string of the molecule is CC(C)n1nccc1NC(=O)[C@@H](C)OC(=O)CCN1C(=O)c2ccccc2C1=O. The lowest BCUT2D eigenvalue weighted by molar-refractivity contribution is -0.153. The number of nitrogens with one attached hydrogen (secondary N) is 1. The number of aromatic nitrogens is 2. The van der Waals surface area contributed by atoms with Crippen molar-refractivity contribution in [2.45, 2.75) is 39.3 Å². The molecule has 1 aromatic heterocycles. The third kappa shape index (κ3) is 4.18. The van der Waals surface area contributed by atoms with E-state index in [1.165, 1.54) is 6.92 Å². The Hall–Kier alpha value is -3.49. The average Bonchev–Trinajstić information content (AvgIpc) is 3.24. The van der Waals surface area contributed by atoms with Crippen molar-refractivity contribution in [1.29, 1.82) is 0 Å². The summed E-state index contributed by atoms with van der Waals surface area (Å²) in [4.78, 5) is 50.0. The third-order valence-corrected chi connectivity index (χ3v) is 4.51. The van der Waals surface area contributed by atoms with Crippen LogP contribution < -0.4 is 5.32 Å². The molecule has 3 rings (SSSR count). The highest BCUT2D eigenvalue weighted by Crippen LogP contribution is 2.22. The molecule has 9 heteroatoms. The minimum absolute atomic E-state index is 0.0535. The van der Waals surface area contributed by atoms with E-state index < -0.39 is 29.8 Å². The van der Waals surface area contributed by atoms with Gasteiger partial charge in [-0.15, -0.1) is 0 Å². The van der Waals surface area contributed by atoms with Crippen LogP contribution in [-0.2, 0) is 14.3 Å². The number of esters is 1. The number of carbonyl (C=O) groups excluding carboxylic acids is 4. The lowest BCUT2D eigenvalue weighted by Crippen LogP contribution is -2.34. The first kappa shape index (κ1) is 20.2. The summed E-state index contributed by atoms with van der Waals surface area (Å²) < 4.78 is 6.77. The molecule has 0 saturated heterocycles. The van der Waals surface area contributed by atoms with E-state index in [9.17, 15) is 19.2 Å². The Kier molecular flexibility index (Phi) is 5.76. The monoisotopic (exact) mass is 398 g/mol. The number of rotatable bonds is 7. The first-order valence-electron chi connectivity index (χ1n) is 9.28. The second-order valence-electron chi connectivity index (χ2n) is 6.93. The molecule has 0 bridgehead atoms. The van der Waals surface area contributed by atoms with Crippen molar-refractivity contribution in [3.63, 3.8) is 0 Å². The molecule has 2 aromatic rings. The molecule has 1 aromatic carbocycles. The number of anilines is 1. The predicted molar refractivity (Wildman–Crippen MR) is 103 cm³/mol. The second-order valence-corrected chi connectivity index (χ2v) is 6.93. The van der Waals surface area contributed by atoms with Crippen molar-refractivity contribution in [2.75, 3.05) is 11.9 Å². The first-order valence-corrected chi connectivity index (χ1v) is 9.28. The van der Waals surface area contributed by atoms with Crippen LogP contribution in [0.1, 0.15) is 53.9 Å². The molecule has 0 aliphatic carbocycles. The molecule has 1 aliphatic rings. The summed E-state index contributed by atoms with van der Waals surface area (Å²) in [5.41, 5.74) is 0.640. The van der Waals surface area contributed by atoms with Crippen molar-refractivity contribution in [1.82, 2.24) is 14.7 Å². The molecule has 3 amide bonds. The highest BCUT2D eigenvalue weighted by molar-refractivity contribution is 6.21. The molecule has 152 valence electrons. The van der Waals surface area contributed by atoms with E-state index in [1.54, 1.807) is 41.2 Å². The Morgan fingerprint density at radius 3 is 2.28 bits per heavy atom. The van der Waals surface area contributed by atoms with Crippen LogP contribution in [0, 0.1) is 0 Å². The highest BCUT2D eigenvalue weighted by atomic mass is 16.5. The number of amides is 3. The Morgan fingerprint density at radius 2 is 1.69 bits per heavy atom. The number of imide groups is 1. The van der Waals surface area contributed by atoms with Crippen molar-refractivity contribution in [3.05, 3.63) is 47.7 Å². The maximum Gasteiger partial charge on any atom is 0.308 e. The number of hydrogen-bond acceptors (Lipinski definition) is 6. The molecule has 0 spiro atoms. The first-order chi connectivity index (χ1) is 13.8. The van der Waals surface area contributed by atoms with Crippen molar-refractivity contribution in [2.24, 2.45) is 0 Å². The van der Waals surface area contributed by atoms with Gasteiger partial charge in [-0.05, 0) is 32.9 Å². The molecule has 0 fully saturated rings. The summed E-state index contributed by atoms with van der Waals surface area (Å²) in [6.07, 6.45) is 0.321. The molecule has 1 N–H and O–H groups in total. The van der Waals surface area contributed by atoms with Gasteiger partial charge in [-0.1, -0.05) is 12.1 Å². The summed E-state index contributed by atoms with van der Waals surface area (Å²) in [5.74, 6) is -1.56. The van der Waals surface area contributed by atoms with Crippen LogP contribution in [0.4, 0.5) is 5.82 Å². The fourth-order valence-electron chi connectivity index (χ4n) is 3.01. The van der Waals surface area contributed by atoms with Gasteiger partial charge in [0, 0.05) is 18.7 Å². The Bertz CT molecular complexity index is 930. The molecule has 29 heavy (non-hydrogen) atoms. The van der Waals surface area contributed by atoms with E-state index >= 15 is 0 Å². The Labute approximate surface area is 167 Å². The summed E-state index contributed by atoms with van der Waals surface area (Å²) in [5, 5.41) is 6.78. The van der Waals surface area contributed by atoms with Crippen LogP contribution in [0.5, 0.6) is 0 Å². The second kappa shape index (κ2) is 8.26. The topological polar surface area (TPSA) is 111 Å². The number of hydrogen-bond donors (Lipinski definition) is 1. The van der Waals surface area contributed by atoms with Gasteiger partial charge in [0.2, 0.25) is 0 Å². The molecule has 1 atom stereocenters. The molecule has 9 nitrogen and oxygen atoms in total. The zero-order valence-corrected chi connectivity index (χ0v) is 16.4. The van der Waals surface area contributed by atoms with Crippen LogP contribution in [0.3, 0.4) is 0 Å². The largest absolute Gasteiger partial charge is 0.452 e. The van der Waals surface area contributed by atoms with Crippen molar-refractivity contribution in [3.8, 4) is 0 Å². The van der Waals surface area contributed by atoms with Gasteiger partial charge in [0.25, 0.3) is 17.7 Å². The highest BCUT2D eigenvalue weighted by Gasteiger charge is 2.35. The lowest BCUT2D eigenvalue weighted by atomic mass is 10.1. The van der Waals surface area contributed by atoms with Gasteiger partial charge in [0.05, 0.1) is 23.7 Å². The average molecular weight is 398 g/mol. The normalized spacial score (nSPS) is 14.1. The molecule has 0 radical (unpaired) electrons. The number of nitrogens with zero attached hydrogens (tertiary/aromatic N) is 3. The quantitative estimate of drug-likeness (QED) is 0.564. The molecule has 0 saturated carbocycles. The van der Waals surface area contributed by atoms with Crippen molar-refractivity contribution < 1.29 is 23.9 Å². The number of carbonyl (C=O) groups is 4. The van der Waals surface area contributed by atoms with Crippen LogP contribution in [-0.4, -0.2) is 51.0 Å². The lowest BCUT2D eigenvalue weighted by Gasteiger charge is -2.17. The standard InChI is InChI=1S/C20H22N4O5/c1-12(2)24-16(8-10-21-24)22-18(26)13(3)29-17(25)9-11-23-19(27)14-6-4-5-7-15(14)20(23)28/h4-8,10,12-13H,9,11H2,1-3H3,(H,22,26)/t13-/m1/s1. The van der Waals surface area contributed by atoms with E-state index in [0.717, 1.165) is 4.90 Å². The molecular weight excluding hydrogens is 376 g/mol. The Balaban J connectivity index is 1.52. The maximum absolute atomic E-state index is 12.3. The van der Waals surface area contributed by atoms with E-state index in [2.05, 4.69) is 10.4 Å². The maximum atomic E-state index is 12.3. The minimum Gasteiger partial charge on any atom is -0.452 e. The van der Waals surface area contributed by atoms with E-state index in [4.69, 9.17) is 4.74 Å². The van der Waals surface area contributed by atoms with E-state index in [1.807, 2.05) is 13.8 Å². The summed E-state index contributed by atoms with van der Waals surface area (Å²) >= 11 is 0. The summed E-state index contributed by atoms with van der Waals surface area (Å²) in [7, 11) is 0. The van der Waals surface area contributed by atoms with Crippen LogP contribution >= 0.6 is 0 Å². The third-order valence-electron chi connectivity index (χ3n) is 4.51. The smallest absolute Gasteiger partial charge is 0.308 e. The van der Waals surface area contributed by atoms with Gasteiger partial charge in [0.1, 0.15) is 5.82 Å². The fourth-order valence-corrected chi connectivity index (χ4v) is 3.01. The number of benzene rings is 1. The molecule has 2 heterocycles. The van der Waals surface area contributed by atoms with E-state index in [0.29, 0.717) is 16.9 Å². The minimum atomic E-state index is -1.04. The number of fused-ring (bicyclic) bond motifs is 1. The Morgan fingerprint density at radius 1 is 1.07 bits per heavy atom. The van der Waals surface area contributed by atoms with Gasteiger partial charge in [0.15, 0.2) is 6.10 Å². The van der Waals surface area contributed by atoms with Gasteiger partial charge >= 0.3 is 5.97 Å². The van der Waals surface area contributed by atoms with Gasteiger partial charge < -0.3 is 10.1 Å². The fraction of sp³-hybridized carbons (Fsp3) is 0.350. The van der Waals surface area contributed by atoms with Gasteiger partial charge in [-0.25, -0.2) is 4.68 Å².